The summed E-state index contributed by atoms with van der Waals surface area (Å²) in [5.74, 6) is 1.53. The number of ether oxygens (including phenoxy) is 1. The van der Waals surface area contributed by atoms with E-state index in [9.17, 15) is 4.79 Å². The third-order valence-corrected chi connectivity index (χ3v) is 6.65. The monoisotopic (exact) mass is 454 g/mol. The molecule has 0 unspecified atom stereocenters. The smallest absolute Gasteiger partial charge is 0.226 e. The molecule has 8 heteroatoms. The summed E-state index contributed by atoms with van der Waals surface area (Å²) in [6.07, 6.45) is 0.441. The van der Waals surface area contributed by atoms with Crippen LogP contribution in [0.1, 0.15) is 6.42 Å². The number of anilines is 1. The van der Waals surface area contributed by atoms with Gasteiger partial charge in [0.25, 0.3) is 0 Å². The molecule has 0 aliphatic rings. The molecule has 0 saturated carbocycles. The van der Waals surface area contributed by atoms with Gasteiger partial charge in [0.1, 0.15) is 5.75 Å². The summed E-state index contributed by atoms with van der Waals surface area (Å²) < 4.78 is 6.20. The van der Waals surface area contributed by atoms with E-state index < -0.39 is 0 Å². The van der Waals surface area contributed by atoms with Crippen molar-refractivity contribution in [2.75, 3.05) is 18.2 Å². The van der Waals surface area contributed by atoms with E-state index in [-0.39, 0.29) is 5.91 Å². The minimum Gasteiger partial charge on any atom is -0.497 e. The van der Waals surface area contributed by atoms with Gasteiger partial charge >= 0.3 is 0 Å². The fourth-order valence-corrected chi connectivity index (χ4v) is 5.01. The number of halogens is 1. The number of benzene rings is 1. The van der Waals surface area contributed by atoms with Crippen molar-refractivity contribution in [3.8, 4) is 16.3 Å². The van der Waals surface area contributed by atoms with Crippen LogP contribution in [-0.4, -0.2) is 23.8 Å². The number of thiazole rings is 1. The SMILES string of the molecule is COc1ccc(SCCC(=O)Nc2nc(-c3ccc(Br)s3)cs2)cc1. The van der Waals surface area contributed by atoms with Gasteiger partial charge in [-0.1, -0.05) is 0 Å². The molecule has 130 valence electrons. The Morgan fingerprint density at radius 1 is 1.28 bits per heavy atom. The molecule has 2 aromatic heterocycles. The number of carbonyl (C=O) groups is 1. The van der Waals surface area contributed by atoms with Crippen LogP contribution in [0.15, 0.2) is 50.5 Å². The Hall–Kier alpha value is -1.35. The van der Waals surface area contributed by atoms with E-state index >= 15 is 0 Å². The zero-order valence-electron chi connectivity index (χ0n) is 13.3. The lowest BCUT2D eigenvalue weighted by Crippen LogP contribution is -2.11. The zero-order chi connectivity index (χ0) is 17.6. The van der Waals surface area contributed by atoms with Crippen LogP contribution in [0.4, 0.5) is 5.13 Å². The van der Waals surface area contributed by atoms with E-state index in [2.05, 4.69) is 26.2 Å². The van der Waals surface area contributed by atoms with Crippen LogP contribution in [0.3, 0.4) is 0 Å². The second-order valence-electron chi connectivity index (χ2n) is 4.96. The summed E-state index contributed by atoms with van der Waals surface area (Å²) in [6, 6.07) is 11.8. The first-order valence-corrected chi connectivity index (χ1v) is 10.9. The van der Waals surface area contributed by atoms with Crippen LogP contribution in [0, 0.1) is 0 Å². The quantitative estimate of drug-likeness (QED) is 0.460. The number of rotatable bonds is 7. The van der Waals surface area contributed by atoms with E-state index in [0.29, 0.717) is 17.3 Å². The van der Waals surface area contributed by atoms with Crippen molar-refractivity contribution < 1.29 is 9.53 Å². The Morgan fingerprint density at radius 2 is 2.08 bits per heavy atom. The highest BCUT2D eigenvalue weighted by atomic mass is 79.9. The third-order valence-electron chi connectivity index (χ3n) is 3.23. The molecule has 0 aliphatic heterocycles. The fraction of sp³-hybridized carbons (Fsp3) is 0.176. The maximum absolute atomic E-state index is 12.1. The number of hydrogen-bond acceptors (Lipinski definition) is 6. The molecular formula is C17H15BrN2O2S3. The van der Waals surface area contributed by atoms with E-state index in [0.717, 1.165) is 25.0 Å². The van der Waals surface area contributed by atoms with Crippen molar-refractivity contribution in [3.63, 3.8) is 0 Å². The molecule has 0 bridgehead atoms. The molecule has 0 spiro atoms. The number of thioether (sulfide) groups is 1. The number of nitrogens with zero attached hydrogens (tertiary/aromatic N) is 1. The normalized spacial score (nSPS) is 10.6. The summed E-state index contributed by atoms with van der Waals surface area (Å²) in [5, 5.41) is 5.47. The number of hydrogen-bond donors (Lipinski definition) is 1. The standard InChI is InChI=1S/C17H15BrN2O2S3/c1-22-11-2-4-12(5-3-11)23-9-8-16(21)20-17-19-13(10-24-17)14-6-7-15(18)25-14/h2-7,10H,8-9H2,1H3,(H,19,20,21). The summed E-state index contributed by atoms with van der Waals surface area (Å²) in [7, 11) is 1.65. The lowest BCUT2D eigenvalue weighted by Gasteiger charge is -2.04. The predicted molar refractivity (Wildman–Crippen MR) is 110 cm³/mol. The van der Waals surface area contributed by atoms with Gasteiger partial charge in [-0.05, 0) is 52.3 Å². The average molecular weight is 455 g/mol. The first kappa shape index (κ1) is 18.4. The highest BCUT2D eigenvalue weighted by Gasteiger charge is 2.09. The second kappa shape index (κ2) is 8.84. The van der Waals surface area contributed by atoms with E-state index in [1.54, 1.807) is 30.2 Å². The Morgan fingerprint density at radius 3 is 2.76 bits per heavy atom. The van der Waals surface area contributed by atoms with Gasteiger partial charge < -0.3 is 10.1 Å². The van der Waals surface area contributed by atoms with Crippen LogP contribution in [0.5, 0.6) is 5.75 Å². The topological polar surface area (TPSA) is 51.2 Å². The number of amides is 1. The van der Waals surface area contributed by atoms with Crippen LogP contribution in [-0.2, 0) is 4.79 Å². The highest BCUT2D eigenvalue weighted by Crippen LogP contribution is 2.33. The molecule has 1 N–H and O–H groups in total. The molecule has 1 aromatic carbocycles. The van der Waals surface area contributed by atoms with Gasteiger partial charge in [-0.15, -0.1) is 34.4 Å². The first-order valence-electron chi connectivity index (χ1n) is 7.42. The molecule has 25 heavy (non-hydrogen) atoms. The lowest BCUT2D eigenvalue weighted by molar-refractivity contribution is -0.115. The van der Waals surface area contributed by atoms with Crippen LogP contribution in [0.2, 0.25) is 0 Å². The van der Waals surface area contributed by atoms with Crippen molar-refractivity contribution in [2.24, 2.45) is 0 Å². The zero-order valence-corrected chi connectivity index (χ0v) is 17.4. The van der Waals surface area contributed by atoms with Crippen molar-refractivity contribution in [1.82, 2.24) is 4.98 Å². The molecule has 0 saturated heterocycles. The molecule has 0 radical (unpaired) electrons. The van der Waals surface area contributed by atoms with E-state index in [1.165, 1.54) is 11.3 Å². The van der Waals surface area contributed by atoms with Gasteiger partial charge in [0.05, 0.1) is 21.5 Å². The average Bonchev–Trinajstić information content (AvgIpc) is 3.24. The van der Waals surface area contributed by atoms with Crippen LogP contribution in [0.25, 0.3) is 10.6 Å². The molecular weight excluding hydrogens is 440 g/mol. The minimum absolute atomic E-state index is 0.0192. The predicted octanol–water partition coefficient (Wildman–Crippen LogP) is 5.76. The van der Waals surface area contributed by atoms with Gasteiger partial charge in [0, 0.05) is 22.4 Å². The van der Waals surface area contributed by atoms with Gasteiger partial charge in [-0.2, -0.15) is 0 Å². The minimum atomic E-state index is -0.0192. The Bertz CT molecular complexity index is 846. The molecule has 0 fully saturated rings. The fourth-order valence-electron chi connectivity index (χ4n) is 2.01. The van der Waals surface area contributed by atoms with Gasteiger partial charge in [-0.3, -0.25) is 4.79 Å². The van der Waals surface area contributed by atoms with E-state index in [1.807, 2.05) is 41.8 Å². The third kappa shape index (κ3) is 5.31. The highest BCUT2D eigenvalue weighted by molar-refractivity contribution is 9.11. The number of aromatic nitrogens is 1. The van der Waals surface area contributed by atoms with Crippen molar-refractivity contribution >= 4 is 61.4 Å². The molecule has 0 aliphatic carbocycles. The summed E-state index contributed by atoms with van der Waals surface area (Å²) in [4.78, 5) is 18.7. The molecule has 0 atom stereocenters. The Labute approximate surface area is 166 Å². The Kier molecular flexibility index (Phi) is 6.52. The lowest BCUT2D eigenvalue weighted by atomic mass is 10.3. The van der Waals surface area contributed by atoms with Gasteiger partial charge in [0.15, 0.2) is 5.13 Å². The van der Waals surface area contributed by atoms with Gasteiger partial charge in [0.2, 0.25) is 5.91 Å². The summed E-state index contributed by atoms with van der Waals surface area (Å²) in [5.41, 5.74) is 0.892. The number of thiophene rings is 1. The number of nitrogens with one attached hydrogen (secondary N) is 1. The molecule has 3 aromatic rings. The van der Waals surface area contributed by atoms with Crippen LogP contribution >= 0.6 is 50.4 Å². The van der Waals surface area contributed by atoms with Crippen LogP contribution < -0.4 is 10.1 Å². The van der Waals surface area contributed by atoms with Crippen molar-refractivity contribution in [2.45, 2.75) is 11.3 Å². The maximum atomic E-state index is 12.1. The Balaban J connectivity index is 1.47. The molecule has 4 nitrogen and oxygen atoms in total. The molecule has 1 amide bonds. The molecule has 2 heterocycles. The second-order valence-corrected chi connectivity index (χ2v) is 9.45. The van der Waals surface area contributed by atoms with Gasteiger partial charge in [-0.25, -0.2) is 4.98 Å². The number of methoxy groups -OCH3 is 1. The summed E-state index contributed by atoms with van der Waals surface area (Å²) >= 11 is 8.16. The van der Waals surface area contributed by atoms with Crippen molar-refractivity contribution in [1.29, 1.82) is 0 Å². The first-order chi connectivity index (χ1) is 12.1. The van der Waals surface area contributed by atoms with Crippen molar-refractivity contribution in [3.05, 3.63) is 45.6 Å². The summed E-state index contributed by atoms with van der Waals surface area (Å²) in [6.45, 7) is 0. The maximum Gasteiger partial charge on any atom is 0.226 e. The van der Waals surface area contributed by atoms with E-state index in [4.69, 9.17) is 4.74 Å². The largest absolute Gasteiger partial charge is 0.497 e. The molecule has 3 rings (SSSR count). The number of carbonyl (C=O) groups excluding carboxylic acids is 1.